The Bertz CT molecular complexity index is 1330. The normalized spacial score (nSPS) is 16.2. The Morgan fingerprint density at radius 2 is 1.73 bits per heavy atom. The van der Waals surface area contributed by atoms with Gasteiger partial charge in [-0.1, -0.05) is 54.6 Å². The van der Waals surface area contributed by atoms with Crippen molar-refractivity contribution >= 4 is 11.4 Å². The largest absolute Gasteiger partial charge is 0.368 e. The smallest absolute Gasteiger partial charge is 0.278 e. The van der Waals surface area contributed by atoms with Crippen molar-refractivity contribution in [2.75, 3.05) is 20.1 Å². The monoisotopic (exact) mass is 441 g/mol. The van der Waals surface area contributed by atoms with Crippen LogP contribution in [-0.4, -0.2) is 45.1 Å². The number of benzene rings is 2. The van der Waals surface area contributed by atoms with E-state index in [9.17, 15) is 9.59 Å². The van der Waals surface area contributed by atoms with Crippen molar-refractivity contribution in [2.24, 2.45) is 5.73 Å². The SMILES string of the molecule is CN1CCC(c2ccc(-c3cc4c(=O)n(C(C(N)=O)c5ccccc5)cnn4c3)cc2)CC1. The number of hydrogen-bond acceptors (Lipinski definition) is 4. The van der Waals surface area contributed by atoms with Gasteiger partial charge in [0.15, 0.2) is 0 Å². The van der Waals surface area contributed by atoms with Crippen molar-refractivity contribution in [1.29, 1.82) is 0 Å². The molecular weight excluding hydrogens is 414 g/mol. The van der Waals surface area contributed by atoms with Crippen molar-refractivity contribution in [3.05, 3.63) is 94.7 Å². The average molecular weight is 442 g/mol. The van der Waals surface area contributed by atoms with Gasteiger partial charge in [0.2, 0.25) is 5.91 Å². The van der Waals surface area contributed by atoms with Crippen molar-refractivity contribution in [2.45, 2.75) is 24.8 Å². The fourth-order valence-electron chi connectivity index (χ4n) is 4.73. The van der Waals surface area contributed by atoms with E-state index in [1.54, 1.807) is 16.6 Å². The summed E-state index contributed by atoms with van der Waals surface area (Å²) in [4.78, 5) is 27.9. The lowest BCUT2D eigenvalue weighted by Gasteiger charge is -2.29. The molecule has 1 aliphatic heterocycles. The zero-order chi connectivity index (χ0) is 22.9. The summed E-state index contributed by atoms with van der Waals surface area (Å²) in [6, 6.07) is 18.5. The molecule has 7 nitrogen and oxygen atoms in total. The summed E-state index contributed by atoms with van der Waals surface area (Å²) in [7, 11) is 2.17. The topological polar surface area (TPSA) is 85.6 Å². The quantitative estimate of drug-likeness (QED) is 0.516. The highest BCUT2D eigenvalue weighted by Crippen LogP contribution is 2.30. The summed E-state index contributed by atoms with van der Waals surface area (Å²) >= 11 is 0. The molecule has 0 spiro atoms. The Kier molecular flexibility index (Phi) is 5.56. The van der Waals surface area contributed by atoms with E-state index in [0.29, 0.717) is 17.0 Å². The second-order valence-corrected chi connectivity index (χ2v) is 8.82. The first-order chi connectivity index (χ1) is 16.0. The molecule has 0 bridgehead atoms. The Morgan fingerprint density at radius 3 is 2.39 bits per heavy atom. The molecule has 0 saturated carbocycles. The molecule has 1 unspecified atom stereocenters. The van der Waals surface area contributed by atoms with Crippen LogP contribution in [0.4, 0.5) is 0 Å². The van der Waals surface area contributed by atoms with Gasteiger partial charge < -0.3 is 10.6 Å². The van der Waals surface area contributed by atoms with E-state index < -0.39 is 11.9 Å². The van der Waals surface area contributed by atoms with Gasteiger partial charge in [0.05, 0.1) is 0 Å². The van der Waals surface area contributed by atoms with Gasteiger partial charge in [-0.2, -0.15) is 5.10 Å². The summed E-state index contributed by atoms with van der Waals surface area (Å²) in [6.45, 7) is 2.26. The minimum absolute atomic E-state index is 0.313. The molecule has 1 amide bonds. The van der Waals surface area contributed by atoms with Crippen LogP contribution in [0.2, 0.25) is 0 Å². The first-order valence-corrected chi connectivity index (χ1v) is 11.2. The standard InChI is InChI=1S/C26H27N5O2/c1-29-13-11-20(12-14-29)18-7-9-19(10-8-18)22-15-23-26(33)30(17-28-31(23)16-22)24(25(27)32)21-5-3-2-4-6-21/h2-10,15-17,20,24H,11-14H2,1H3,(H2,27,32). The zero-order valence-electron chi connectivity index (χ0n) is 18.6. The third-order valence-electron chi connectivity index (χ3n) is 6.65. The minimum Gasteiger partial charge on any atom is -0.368 e. The second-order valence-electron chi connectivity index (χ2n) is 8.82. The molecule has 1 fully saturated rings. The molecule has 0 aliphatic carbocycles. The minimum atomic E-state index is -0.914. The maximum atomic E-state index is 13.3. The third-order valence-corrected chi connectivity index (χ3v) is 6.65. The maximum absolute atomic E-state index is 13.3. The number of carbonyl (C=O) groups is 1. The van der Waals surface area contributed by atoms with Crippen LogP contribution in [0, 0.1) is 0 Å². The number of carbonyl (C=O) groups excluding carboxylic acids is 1. The van der Waals surface area contributed by atoms with Crippen molar-refractivity contribution < 1.29 is 4.79 Å². The highest BCUT2D eigenvalue weighted by molar-refractivity contribution is 5.82. The van der Waals surface area contributed by atoms with Crippen LogP contribution in [0.3, 0.4) is 0 Å². The molecule has 2 aromatic carbocycles. The highest BCUT2D eigenvalue weighted by Gasteiger charge is 2.23. The summed E-state index contributed by atoms with van der Waals surface area (Å²) < 4.78 is 2.86. The summed E-state index contributed by atoms with van der Waals surface area (Å²) in [5.74, 6) is -0.00771. The van der Waals surface area contributed by atoms with Crippen LogP contribution in [0.5, 0.6) is 0 Å². The van der Waals surface area contributed by atoms with Gasteiger partial charge in [-0.3, -0.25) is 14.2 Å². The van der Waals surface area contributed by atoms with Gasteiger partial charge in [-0.05, 0) is 61.7 Å². The van der Waals surface area contributed by atoms with E-state index >= 15 is 0 Å². The molecule has 1 saturated heterocycles. The zero-order valence-corrected chi connectivity index (χ0v) is 18.6. The lowest BCUT2D eigenvalue weighted by atomic mass is 9.89. The molecule has 2 aromatic heterocycles. The van der Waals surface area contributed by atoms with Crippen LogP contribution in [0.15, 0.2) is 78.0 Å². The van der Waals surface area contributed by atoms with Gasteiger partial charge in [0, 0.05) is 11.8 Å². The van der Waals surface area contributed by atoms with E-state index in [0.717, 1.165) is 24.2 Å². The Labute approximate surface area is 192 Å². The van der Waals surface area contributed by atoms with Gasteiger partial charge in [-0.15, -0.1) is 0 Å². The van der Waals surface area contributed by atoms with Crippen molar-refractivity contribution in [1.82, 2.24) is 19.1 Å². The fraction of sp³-hybridized carbons (Fsp3) is 0.269. The average Bonchev–Trinajstić information content (AvgIpc) is 3.27. The molecule has 2 N–H and O–H groups in total. The number of nitrogens with zero attached hydrogens (tertiary/aromatic N) is 4. The predicted molar refractivity (Wildman–Crippen MR) is 128 cm³/mol. The lowest BCUT2D eigenvalue weighted by molar-refractivity contribution is -0.120. The number of rotatable bonds is 5. The molecule has 1 aliphatic rings. The molecule has 168 valence electrons. The van der Waals surface area contributed by atoms with Crippen LogP contribution in [0.1, 0.15) is 35.9 Å². The maximum Gasteiger partial charge on any atom is 0.278 e. The van der Waals surface area contributed by atoms with E-state index in [4.69, 9.17) is 5.73 Å². The van der Waals surface area contributed by atoms with Gasteiger partial charge in [0.1, 0.15) is 17.9 Å². The molecule has 3 heterocycles. The Morgan fingerprint density at radius 1 is 1.03 bits per heavy atom. The number of aromatic nitrogens is 3. The first-order valence-electron chi connectivity index (χ1n) is 11.2. The fourth-order valence-corrected chi connectivity index (χ4v) is 4.73. The number of primary amides is 1. The van der Waals surface area contributed by atoms with E-state index in [1.165, 1.54) is 29.3 Å². The molecule has 0 radical (unpaired) electrons. The van der Waals surface area contributed by atoms with Crippen LogP contribution in [0.25, 0.3) is 16.6 Å². The summed E-state index contributed by atoms with van der Waals surface area (Å²) in [5.41, 5.74) is 9.68. The lowest BCUT2D eigenvalue weighted by Crippen LogP contribution is -2.35. The molecule has 33 heavy (non-hydrogen) atoms. The van der Waals surface area contributed by atoms with Gasteiger partial charge in [-0.25, -0.2) is 4.52 Å². The van der Waals surface area contributed by atoms with Crippen LogP contribution in [-0.2, 0) is 4.79 Å². The van der Waals surface area contributed by atoms with E-state index in [2.05, 4.69) is 41.3 Å². The first kappa shape index (κ1) is 21.2. The van der Waals surface area contributed by atoms with Crippen LogP contribution >= 0.6 is 0 Å². The number of piperidine rings is 1. The highest BCUT2D eigenvalue weighted by atomic mass is 16.2. The van der Waals surface area contributed by atoms with E-state index in [1.807, 2.05) is 30.5 Å². The number of hydrogen-bond donors (Lipinski definition) is 1. The third kappa shape index (κ3) is 4.07. The van der Waals surface area contributed by atoms with Gasteiger partial charge in [0.25, 0.3) is 5.56 Å². The number of nitrogens with two attached hydrogens (primary N) is 1. The molecule has 1 atom stereocenters. The molecule has 4 aromatic rings. The Balaban J connectivity index is 1.47. The number of amides is 1. The number of likely N-dealkylation sites (tertiary alicyclic amines) is 1. The Hall–Kier alpha value is -3.71. The van der Waals surface area contributed by atoms with E-state index in [-0.39, 0.29) is 5.56 Å². The summed E-state index contributed by atoms with van der Waals surface area (Å²) in [5, 5.41) is 4.38. The molecule has 7 heteroatoms. The van der Waals surface area contributed by atoms with Crippen molar-refractivity contribution in [3.8, 4) is 11.1 Å². The molecule has 5 rings (SSSR count). The number of fused-ring (bicyclic) bond motifs is 1. The van der Waals surface area contributed by atoms with Crippen LogP contribution < -0.4 is 11.3 Å². The molecular formula is C26H27N5O2. The second kappa shape index (κ2) is 8.67. The van der Waals surface area contributed by atoms with Crippen molar-refractivity contribution in [3.63, 3.8) is 0 Å². The summed E-state index contributed by atoms with van der Waals surface area (Å²) in [6.07, 6.45) is 5.58. The predicted octanol–water partition coefficient (Wildman–Crippen LogP) is 3.05. The van der Waals surface area contributed by atoms with Gasteiger partial charge >= 0.3 is 0 Å².